The van der Waals surface area contributed by atoms with Crippen LogP contribution in [-0.2, 0) is 4.79 Å². The summed E-state index contributed by atoms with van der Waals surface area (Å²) in [4.78, 5) is 25.7. The standard InChI is InChI=1S/C12H18N2O2S/c1-3-14(4-2)11(15)7-8-13-12(16)10-6-5-9-17-10/h5-6,9H,3-4,7-8H2,1-2H3,(H,13,16). The van der Waals surface area contributed by atoms with Crippen molar-refractivity contribution in [2.45, 2.75) is 20.3 Å². The monoisotopic (exact) mass is 254 g/mol. The van der Waals surface area contributed by atoms with Gasteiger partial charge in [0.15, 0.2) is 0 Å². The van der Waals surface area contributed by atoms with Crippen molar-refractivity contribution < 1.29 is 9.59 Å². The number of hydrogen-bond donors (Lipinski definition) is 1. The Morgan fingerprint density at radius 3 is 2.59 bits per heavy atom. The van der Waals surface area contributed by atoms with Crippen LogP contribution in [0.2, 0.25) is 0 Å². The van der Waals surface area contributed by atoms with E-state index in [1.807, 2.05) is 25.3 Å². The van der Waals surface area contributed by atoms with Gasteiger partial charge in [0.1, 0.15) is 0 Å². The van der Waals surface area contributed by atoms with Crippen LogP contribution in [0.5, 0.6) is 0 Å². The molecule has 1 aromatic heterocycles. The molecule has 0 aliphatic carbocycles. The number of thiophene rings is 1. The van der Waals surface area contributed by atoms with Crippen LogP contribution >= 0.6 is 11.3 Å². The summed E-state index contributed by atoms with van der Waals surface area (Å²) < 4.78 is 0. The van der Waals surface area contributed by atoms with Crippen LogP contribution < -0.4 is 5.32 Å². The van der Waals surface area contributed by atoms with E-state index >= 15 is 0 Å². The molecule has 2 amide bonds. The summed E-state index contributed by atoms with van der Waals surface area (Å²) in [5.74, 6) is -0.0196. The Labute approximate surface area is 106 Å². The van der Waals surface area contributed by atoms with E-state index in [1.165, 1.54) is 11.3 Å². The van der Waals surface area contributed by atoms with Crippen molar-refractivity contribution in [2.75, 3.05) is 19.6 Å². The Morgan fingerprint density at radius 2 is 2.06 bits per heavy atom. The molecule has 0 bridgehead atoms. The zero-order chi connectivity index (χ0) is 12.7. The maximum Gasteiger partial charge on any atom is 0.261 e. The highest BCUT2D eigenvalue weighted by molar-refractivity contribution is 7.12. The van der Waals surface area contributed by atoms with Crippen LogP contribution in [0, 0.1) is 0 Å². The minimum Gasteiger partial charge on any atom is -0.351 e. The van der Waals surface area contributed by atoms with E-state index in [4.69, 9.17) is 0 Å². The van der Waals surface area contributed by atoms with Crippen molar-refractivity contribution in [1.82, 2.24) is 10.2 Å². The number of nitrogens with one attached hydrogen (secondary N) is 1. The lowest BCUT2D eigenvalue weighted by atomic mass is 10.3. The van der Waals surface area contributed by atoms with Crippen molar-refractivity contribution in [3.05, 3.63) is 22.4 Å². The van der Waals surface area contributed by atoms with Gasteiger partial charge in [-0.2, -0.15) is 0 Å². The fourth-order valence-electron chi connectivity index (χ4n) is 1.51. The van der Waals surface area contributed by atoms with Gasteiger partial charge >= 0.3 is 0 Å². The summed E-state index contributed by atoms with van der Waals surface area (Å²) in [5, 5.41) is 4.60. The van der Waals surface area contributed by atoms with E-state index in [2.05, 4.69) is 5.32 Å². The summed E-state index contributed by atoms with van der Waals surface area (Å²) in [6.07, 6.45) is 0.360. The molecule has 1 aromatic rings. The van der Waals surface area contributed by atoms with Crippen LogP contribution in [0.4, 0.5) is 0 Å². The van der Waals surface area contributed by atoms with E-state index in [0.29, 0.717) is 30.9 Å². The van der Waals surface area contributed by atoms with Gasteiger partial charge in [-0.25, -0.2) is 0 Å². The van der Waals surface area contributed by atoms with Gasteiger partial charge in [0.2, 0.25) is 5.91 Å². The molecule has 0 fully saturated rings. The fourth-order valence-corrected chi connectivity index (χ4v) is 2.15. The minimum atomic E-state index is -0.104. The number of hydrogen-bond acceptors (Lipinski definition) is 3. The number of carbonyl (C=O) groups excluding carboxylic acids is 2. The zero-order valence-corrected chi connectivity index (χ0v) is 11.0. The first-order valence-electron chi connectivity index (χ1n) is 5.78. The SMILES string of the molecule is CCN(CC)C(=O)CCNC(=O)c1cccs1. The van der Waals surface area contributed by atoms with Crippen LogP contribution in [0.25, 0.3) is 0 Å². The van der Waals surface area contributed by atoms with E-state index in [-0.39, 0.29) is 11.8 Å². The third-order valence-electron chi connectivity index (χ3n) is 2.49. The Morgan fingerprint density at radius 1 is 1.35 bits per heavy atom. The average Bonchev–Trinajstić information content (AvgIpc) is 2.84. The summed E-state index contributed by atoms with van der Waals surface area (Å²) in [6.45, 7) is 5.73. The van der Waals surface area contributed by atoms with Gasteiger partial charge < -0.3 is 10.2 Å². The molecule has 0 atom stereocenters. The molecule has 0 aliphatic heterocycles. The van der Waals surface area contributed by atoms with Gasteiger partial charge in [0, 0.05) is 26.1 Å². The molecule has 5 heteroatoms. The van der Waals surface area contributed by atoms with Crippen molar-refractivity contribution in [3.63, 3.8) is 0 Å². The molecule has 94 valence electrons. The van der Waals surface area contributed by atoms with E-state index in [9.17, 15) is 9.59 Å². The molecule has 0 unspecified atom stereocenters. The van der Waals surface area contributed by atoms with Gasteiger partial charge in [-0.15, -0.1) is 11.3 Å². The van der Waals surface area contributed by atoms with Gasteiger partial charge in [-0.05, 0) is 25.3 Å². The Balaban J connectivity index is 2.28. The summed E-state index contributed by atoms with van der Waals surface area (Å²) in [5.41, 5.74) is 0. The second kappa shape index (κ2) is 7.06. The molecule has 0 spiro atoms. The number of amides is 2. The molecule has 1 heterocycles. The second-order valence-electron chi connectivity index (χ2n) is 3.55. The number of carbonyl (C=O) groups is 2. The maximum absolute atomic E-state index is 11.7. The second-order valence-corrected chi connectivity index (χ2v) is 4.50. The highest BCUT2D eigenvalue weighted by Crippen LogP contribution is 2.07. The first kappa shape index (κ1) is 13.7. The Hall–Kier alpha value is -1.36. The molecule has 4 nitrogen and oxygen atoms in total. The van der Waals surface area contributed by atoms with E-state index in [0.717, 1.165) is 0 Å². The summed E-state index contributed by atoms with van der Waals surface area (Å²) in [7, 11) is 0. The molecule has 0 aliphatic rings. The number of rotatable bonds is 6. The Kier molecular flexibility index (Phi) is 5.69. The van der Waals surface area contributed by atoms with Crippen molar-refractivity contribution >= 4 is 23.2 Å². The minimum absolute atomic E-state index is 0.0847. The number of nitrogens with zero attached hydrogens (tertiary/aromatic N) is 1. The molecular formula is C12H18N2O2S. The van der Waals surface area contributed by atoms with Crippen molar-refractivity contribution in [1.29, 1.82) is 0 Å². The average molecular weight is 254 g/mol. The molecule has 0 radical (unpaired) electrons. The lowest BCUT2D eigenvalue weighted by molar-refractivity contribution is -0.130. The molecule has 1 rings (SSSR count). The first-order valence-corrected chi connectivity index (χ1v) is 6.66. The predicted molar refractivity (Wildman–Crippen MR) is 69.2 cm³/mol. The third kappa shape index (κ3) is 4.19. The van der Waals surface area contributed by atoms with Gasteiger partial charge in [-0.3, -0.25) is 9.59 Å². The summed E-state index contributed by atoms with van der Waals surface area (Å²) in [6, 6.07) is 3.60. The first-order chi connectivity index (χ1) is 8.19. The summed E-state index contributed by atoms with van der Waals surface area (Å²) >= 11 is 1.40. The van der Waals surface area contributed by atoms with E-state index in [1.54, 1.807) is 11.0 Å². The topological polar surface area (TPSA) is 49.4 Å². The normalized spacial score (nSPS) is 10.0. The fraction of sp³-hybridized carbons (Fsp3) is 0.500. The van der Waals surface area contributed by atoms with Crippen LogP contribution in [-0.4, -0.2) is 36.3 Å². The largest absolute Gasteiger partial charge is 0.351 e. The molecule has 0 saturated heterocycles. The lowest BCUT2D eigenvalue weighted by Crippen LogP contribution is -2.34. The molecule has 17 heavy (non-hydrogen) atoms. The van der Waals surface area contributed by atoms with Gasteiger partial charge in [0.05, 0.1) is 4.88 Å². The Bertz CT molecular complexity index is 359. The molecule has 0 aromatic carbocycles. The zero-order valence-electron chi connectivity index (χ0n) is 10.2. The highest BCUT2D eigenvalue weighted by Gasteiger charge is 2.10. The van der Waals surface area contributed by atoms with Crippen LogP contribution in [0.1, 0.15) is 29.9 Å². The van der Waals surface area contributed by atoms with Crippen LogP contribution in [0.15, 0.2) is 17.5 Å². The molecule has 1 N–H and O–H groups in total. The van der Waals surface area contributed by atoms with Gasteiger partial charge in [0.25, 0.3) is 5.91 Å². The highest BCUT2D eigenvalue weighted by atomic mass is 32.1. The maximum atomic E-state index is 11.7. The lowest BCUT2D eigenvalue weighted by Gasteiger charge is -2.18. The van der Waals surface area contributed by atoms with Crippen molar-refractivity contribution in [3.8, 4) is 0 Å². The third-order valence-corrected chi connectivity index (χ3v) is 3.35. The predicted octanol–water partition coefficient (Wildman–Crippen LogP) is 1.74. The van der Waals surface area contributed by atoms with Gasteiger partial charge in [-0.1, -0.05) is 6.07 Å². The smallest absolute Gasteiger partial charge is 0.261 e. The molecule has 0 saturated carbocycles. The molecular weight excluding hydrogens is 236 g/mol. The van der Waals surface area contributed by atoms with E-state index < -0.39 is 0 Å². The quantitative estimate of drug-likeness (QED) is 0.840. The van der Waals surface area contributed by atoms with Crippen LogP contribution in [0.3, 0.4) is 0 Å². The van der Waals surface area contributed by atoms with Crippen molar-refractivity contribution in [2.24, 2.45) is 0 Å².